The second kappa shape index (κ2) is 7.08. The summed E-state index contributed by atoms with van der Waals surface area (Å²) in [5, 5.41) is 0. The van der Waals surface area contributed by atoms with E-state index in [1.54, 1.807) is 0 Å². The van der Waals surface area contributed by atoms with Gasteiger partial charge in [0.25, 0.3) is 0 Å². The first-order chi connectivity index (χ1) is 8.80. The van der Waals surface area contributed by atoms with Gasteiger partial charge in [-0.05, 0) is 56.1 Å². The Bertz CT molecular complexity index is 240. The molecule has 1 saturated heterocycles. The largest absolute Gasteiger partial charge is 0.328 e. The van der Waals surface area contributed by atoms with Crippen molar-refractivity contribution in [2.24, 2.45) is 16.6 Å². The minimum Gasteiger partial charge on any atom is -0.328 e. The number of nitrogens with zero attached hydrogens (tertiary/aromatic N) is 1. The van der Waals surface area contributed by atoms with E-state index in [1.165, 1.54) is 45.3 Å². The molecule has 114 valence electrons. The Morgan fingerprint density at radius 1 is 1.11 bits per heavy atom. The predicted octanol–water partition coefficient (Wildman–Crippen LogP) is 4.04. The van der Waals surface area contributed by atoms with Gasteiger partial charge in [-0.15, -0.1) is 0 Å². The summed E-state index contributed by atoms with van der Waals surface area (Å²) in [5.41, 5.74) is 7.26. The van der Waals surface area contributed by atoms with E-state index in [9.17, 15) is 0 Å². The van der Waals surface area contributed by atoms with Crippen LogP contribution >= 0.6 is 0 Å². The number of rotatable bonds is 6. The van der Waals surface area contributed by atoms with Gasteiger partial charge in [0, 0.05) is 6.04 Å². The predicted molar refractivity (Wildman–Crippen MR) is 85.4 cm³/mol. The van der Waals surface area contributed by atoms with Crippen LogP contribution in [-0.2, 0) is 0 Å². The Balaban J connectivity index is 2.26. The Hall–Kier alpha value is -0.0800. The number of likely N-dealkylation sites (tertiary alicyclic amines) is 1. The Kier molecular flexibility index (Phi) is 6.32. The lowest BCUT2D eigenvalue weighted by molar-refractivity contribution is 0.0924. The van der Waals surface area contributed by atoms with Gasteiger partial charge in [-0.3, -0.25) is 0 Å². The van der Waals surface area contributed by atoms with Crippen molar-refractivity contribution in [1.82, 2.24) is 4.90 Å². The molecule has 0 amide bonds. The summed E-state index contributed by atoms with van der Waals surface area (Å²) in [7, 11) is 0. The first kappa shape index (κ1) is 17.0. The third kappa shape index (κ3) is 5.83. The van der Waals surface area contributed by atoms with Crippen molar-refractivity contribution in [3.05, 3.63) is 0 Å². The van der Waals surface area contributed by atoms with Crippen LogP contribution in [0, 0.1) is 10.8 Å². The minimum atomic E-state index is 0.362. The van der Waals surface area contributed by atoms with Crippen LogP contribution in [0.25, 0.3) is 0 Å². The van der Waals surface area contributed by atoms with Crippen molar-refractivity contribution in [2.45, 2.75) is 79.2 Å². The Morgan fingerprint density at radius 3 is 2.05 bits per heavy atom. The summed E-state index contributed by atoms with van der Waals surface area (Å²) in [6.45, 7) is 15.3. The van der Waals surface area contributed by atoms with Crippen LogP contribution in [0.1, 0.15) is 73.1 Å². The quantitative estimate of drug-likeness (QED) is 0.787. The number of hydrogen-bond donors (Lipinski definition) is 1. The molecule has 1 atom stereocenters. The van der Waals surface area contributed by atoms with E-state index >= 15 is 0 Å². The molecule has 2 heteroatoms. The van der Waals surface area contributed by atoms with Gasteiger partial charge in [-0.1, -0.05) is 47.5 Å². The molecule has 1 aliphatic heterocycles. The van der Waals surface area contributed by atoms with Crippen LogP contribution in [0.15, 0.2) is 0 Å². The van der Waals surface area contributed by atoms with Crippen LogP contribution in [0.5, 0.6) is 0 Å². The molecule has 1 aliphatic rings. The molecular formula is C17H36N2. The van der Waals surface area contributed by atoms with E-state index < -0.39 is 0 Å². The highest BCUT2D eigenvalue weighted by atomic mass is 15.1. The van der Waals surface area contributed by atoms with Gasteiger partial charge in [0.2, 0.25) is 0 Å². The van der Waals surface area contributed by atoms with Gasteiger partial charge in [0.05, 0.1) is 0 Å². The first-order valence-electron chi connectivity index (χ1n) is 8.28. The average molecular weight is 268 g/mol. The Morgan fingerprint density at radius 2 is 1.63 bits per heavy atom. The number of nitrogens with two attached hydrogens (primary N) is 1. The van der Waals surface area contributed by atoms with Gasteiger partial charge in [0.1, 0.15) is 0 Å². The van der Waals surface area contributed by atoms with Crippen molar-refractivity contribution in [3.8, 4) is 0 Å². The van der Waals surface area contributed by atoms with Crippen LogP contribution in [0.4, 0.5) is 0 Å². The van der Waals surface area contributed by atoms with Crippen molar-refractivity contribution in [1.29, 1.82) is 0 Å². The molecule has 0 bridgehead atoms. The molecule has 0 aromatic heterocycles. The lowest BCUT2D eigenvalue weighted by Crippen LogP contribution is -2.41. The molecule has 2 N–H and O–H groups in total. The van der Waals surface area contributed by atoms with Crippen molar-refractivity contribution in [3.63, 3.8) is 0 Å². The first-order valence-corrected chi connectivity index (χ1v) is 8.28. The minimum absolute atomic E-state index is 0.362. The van der Waals surface area contributed by atoms with Crippen LogP contribution in [-0.4, -0.2) is 30.6 Å². The van der Waals surface area contributed by atoms with Gasteiger partial charge in [-0.2, -0.15) is 0 Å². The lowest BCUT2D eigenvalue weighted by atomic mass is 9.74. The second-order valence-corrected chi connectivity index (χ2v) is 7.86. The van der Waals surface area contributed by atoms with E-state index in [0.29, 0.717) is 16.9 Å². The fourth-order valence-corrected chi connectivity index (χ4v) is 3.45. The highest BCUT2D eigenvalue weighted by Gasteiger charge is 2.31. The lowest BCUT2D eigenvalue weighted by Gasteiger charge is -2.41. The van der Waals surface area contributed by atoms with E-state index in [2.05, 4.69) is 39.5 Å². The molecular weight excluding hydrogens is 232 g/mol. The van der Waals surface area contributed by atoms with Crippen LogP contribution in [0.2, 0.25) is 0 Å². The fraction of sp³-hybridized carbons (Fsp3) is 1.00. The molecule has 0 aliphatic carbocycles. The zero-order chi connectivity index (χ0) is 14.5. The van der Waals surface area contributed by atoms with Gasteiger partial charge >= 0.3 is 0 Å². The normalized spacial score (nSPS) is 22.4. The topological polar surface area (TPSA) is 29.3 Å². The molecule has 1 fully saturated rings. The average Bonchev–Trinajstić information content (AvgIpc) is 2.35. The van der Waals surface area contributed by atoms with E-state index in [0.717, 1.165) is 12.8 Å². The summed E-state index contributed by atoms with van der Waals surface area (Å²) < 4.78 is 0. The van der Waals surface area contributed by atoms with Crippen molar-refractivity contribution in [2.75, 3.05) is 19.6 Å². The summed E-state index contributed by atoms with van der Waals surface area (Å²) in [5.74, 6) is 0. The molecule has 1 heterocycles. The SMILES string of the molecule is CCC1(CC)CCN(CCC(N)CC(C)(C)C)CC1. The van der Waals surface area contributed by atoms with E-state index in [4.69, 9.17) is 5.73 Å². The van der Waals surface area contributed by atoms with E-state index in [1.807, 2.05) is 0 Å². The molecule has 1 rings (SSSR count). The van der Waals surface area contributed by atoms with Crippen molar-refractivity contribution < 1.29 is 0 Å². The van der Waals surface area contributed by atoms with Gasteiger partial charge in [0.15, 0.2) is 0 Å². The molecule has 0 aromatic rings. The smallest absolute Gasteiger partial charge is 0.00559 e. The monoisotopic (exact) mass is 268 g/mol. The molecule has 0 radical (unpaired) electrons. The highest BCUT2D eigenvalue weighted by molar-refractivity contribution is 4.84. The molecule has 0 spiro atoms. The molecule has 2 nitrogen and oxygen atoms in total. The molecule has 0 saturated carbocycles. The number of hydrogen-bond acceptors (Lipinski definition) is 2. The second-order valence-electron chi connectivity index (χ2n) is 7.86. The summed E-state index contributed by atoms with van der Waals surface area (Å²) >= 11 is 0. The molecule has 19 heavy (non-hydrogen) atoms. The van der Waals surface area contributed by atoms with Gasteiger partial charge in [-0.25, -0.2) is 0 Å². The maximum atomic E-state index is 6.26. The van der Waals surface area contributed by atoms with Gasteiger partial charge < -0.3 is 10.6 Å². The fourth-order valence-electron chi connectivity index (χ4n) is 3.45. The zero-order valence-electron chi connectivity index (χ0n) is 14.0. The molecule has 1 unspecified atom stereocenters. The Labute approximate surface area is 121 Å². The van der Waals surface area contributed by atoms with Crippen LogP contribution in [0.3, 0.4) is 0 Å². The highest BCUT2D eigenvalue weighted by Crippen LogP contribution is 2.37. The summed E-state index contributed by atoms with van der Waals surface area (Å²) in [6.07, 6.45) is 7.75. The maximum Gasteiger partial charge on any atom is 0.00559 e. The maximum absolute atomic E-state index is 6.26. The number of piperidine rings is 1. The molecule has 0 aromatic carbocycles. The van der Waals surface area contributed by atoms with Crippen molar-refractivity contribution >= 4 is 0 Å². The van der Waals surface area contributed by atoms with Crippen LogP contribution < -0.4 is 5.73 Å². The summed E-state index contributed by atoms with van der Waals surface area (Å²) in [6, 6.07) is 0.365. The zero-order valence-corrected chi connectivity index (χ0v) is 14.0. The summed E-state index contributed by atoms with van der Waals surface area (Å²) in [4.78, 5) is 2.63. The van der Waals surface area contributed by atoms with E-state index in [-0.39, 0.29) is 0 Å². The third-order valence-electron chi connectivity index (χ3n) is 5.11. The standard InChI is InChI=1S/C17H36N2/c1-6-17(7-2)9-12-19(13-10-17)11-8-15(18)14-16(3,4)5/h15H,6-14,18H2,1-5H3. The third-order valence-corrected chi connectivity index (χ3v) is 5.11.